The van der Waals surface area contributed by atoms with Crippen LogP contribution in [0.5, 0.6) is 0 Å². The van der Waals surface area contributed by atoms with Gasteiger partial charge in [0.1, 0.15) is 0 Å². The van der Waals surface area contributed by atoms with E-state index in [0.717, 1.165) is 19.4 Å². The molecule has 1 atom stereocenters. The highest BCUT2D eigenvalue weighted by Gasteiger charge is 2.17. The Hall–Kier alpha value is -2.15. The van der Waals surface area contributed by atoms with E-state index in [1.807, 2.05) is 0 Å². The normalized spacial score (nSPS) is 26.3. The van der Waals surface area contributed by atoms with E-state index < -0.39 is 0 Å². The Morgan fingerprint density at radius 1 is 0.917 bits per heavy atom. The molecule has 0 bridgehead atoms. The van der Waals surface area contributed by atoms with Gasteiger partial charge in [0.05, 0.1) is 5.71 Å². The molecule has 0 aromatic rings. The van der Waals surface area contributed by atoms with Crippen LogP contribution in [-0.4, -0.2) is 12.3 Å². The van der Waals surface area contributed by atoms with E-state index in [9.17, 15) is 0 Å². The summed E-state index contributed by atoms with van der Waals surface area (Å²) in [6, 6.07) is 0. The van der Waals surface area contributed by atoms with Gasteiger partial charge in [0.15, 0.2) is 0 Å². The van der Waals surface area contributed by atoms with Crippen molar-refractivity contribution in [2.45, 2.75) is 38.5 Å². The highest BCUT2D eigenvalue weighted by molar-refractivity contribution is 6.11. The zero-order valence-electron chi connectivity index (χ0n) is 14.2. The summed E-state index contributed by atoms with van der Waals surface area (Å²) in [5.41, 5.74) is 6.94. The first-order valence-corrected chi connectivity index (χ1v) is 9.26. The summed E-state index contributed by atoms with van der Waals surface area (Å²) >= 11 is 0. The van der Waals surface area contributed by atoms with Crippen LogP contribution >= 0.6 is 0 Å². The zero-order valence-corrected chi connectivity index (χ0v) is 14.2. The molecule has 0 spiro atoms. The van der Waals surface area contributed by atoms with Crippen molar-refractivity contribution in [2.75, 3.05) is 6.54 Å². The quantitative estimate of drug-likeness (QED) is 0.623. The maximum Gasteiger partial charge on any atom is 0.0646 e. The molecule has 0 saturated heterocycles. The molecule has 0 aromatic heterocycles. The molecule has 1 heterocycles. The molecule has 4 rings (SSSR count). The minimum Gasteiger partial charge on any atom is -0.284 e. The first-order valence-electron chi connectivity index (χ1n) is 9.26. The van der Waals surface area contributed by atoms with Gasteiger partial charge in [0.2, 0.25) is 0 Å². The molecule has 1 nitrogen and oxygen atoms in total. The van der Waals surface area contributed by atoms with Crippen molar-refractivity contribution in [3.63, 3.8) is 0 Å². The second-order valence-corrected chi connectivity index (χ2v) is 6.89. The molecule has 0 aromatic carbocycles. The Morgan fingerprint density at radius 2 is 1.92 bits per heavy atom. The van der Waals surface area contributed by atoms with Gasteiger partial charge in [-0.3, -0.25) is 4.99 Å². The maximum atomic E-state index is 4.78. The Bertz CT molecular complexity index is 747. The molecule has 122 valence electrons. The molecule has 24 heavy (non-hydrogen) atoms. The van der Waals surface area contributed by atoms with Crippen LogP contribution in [-0.2, 0) is 0 Å². The molecule has 0 N–H and O–H groups in total. The molecule has 0 saturated carbocycles. The molecule has 0 radical (unpaired) electrons. The number of hydrogen-bond donors (Lipinski definition) is 0. The van der Waals surface area contributed by atoms with E-state index in [-0.39, 0.29) is 0 Å². The van der Waals surface area contributed by atoms with Gasteiger partial charge in [0, 0.05) is 12.5 Å². The Kier molecular flexibility index (Phi) is 4.60. The molecule has 4 aliphatic rings. The highest BCUT2D eigenvalue weighted by Crippen LogP contribution is 2.30. The van der Waals surface area contributed by atoms with E-state index >= 15 is 0 Å². The number of rotatable bonds is 3. The van der Waals surface area contributed by atoms with Gasteiger partial charge in [-0.05, 0) is 66.9 Å². The van der Waals surface area contributed by atoms with Crippen LogP contribution in [0.15, 0.2) is 88.0 Å². The maximum absolute atomic E-state index is 4.78. The zero-order chi connectivity index (χ0) is 16.2. The Labute approximate surface area is 145 Å². The molecule has 1 unspecified atom stereocenters. The first kappa shape index (κ1) is 15.4. The third-order valence-electron chi connectivity index (χ3n) is 5.25. The van der Waals surface area contributed by atoms with Crippen molar-refractivity contribution in [1.82, 2.24) is 0 Å². The topological polar surface area (TPSA) is 12.4 Å². The number of dihydropyridines is 1. The molecule has 1 heteroatoms. The molecule has 0 amide bonds. The lowest BCUT2D eigenvalue weighted by Crippen LogP contribution is -2.12. The SMILES string of the molecule is C1=CCCC(C2=CC(C3=CCC(C4=CCCC=C4)C=C3)=NCC2)=C1. The summed E-state index contributed by atoms with van der Waals surface area (Å²) in [4.78, 5) is 4.78. The van der Waals surface area contributed by atoms with Gasteiger partial charge < -0.3 is 0 Å². The second-order valence-electron chi connectivity index (χ2n) is 6.89. The van der Waals surface area contributed by atoms with Gasteiger partial charge in [0.25, 0.3) is 0 Å². The fourth-order valence-electron chi connectivity index (χ4n) is 3.84. The fourth-order valence-corrected chi connectivity index (χ4v) is 3.84. The standard InChI is InChI=1S/C23H25N/c1-3-7-18(8-4-1)20-11-13-21(14-12-20)23-17-22(15-16-24-23)19-9-5-2-6-10-19/h2-3,5,7-9,11,13-14,17,20H,1,4,6,10,12,15-16H2. The summed E-state index contributed by atoms with van der Waals surface area (Å²) < 4.78 is 0. The van der Waals surface area contributed by atoms with E-state index in [1.165, 1.54) is 53.7 Å². The second kappa shape index (κ2) is 7.17. The monoisotopic (exact) mass is 315 g/mol. The lowest BCUT2D eigenvalue weighted by Gasteiger charge is -2.22. The third kappa shape index (κ3) is 3.36. The number of aliphatic imine (C=N–C) groups is 1. The van der Waals surface area contributed by atoms with E-state index in [0.29, 0.717) is 5.92 Å². The van der Waals surface area contributed by atoms with Crippen LogP contribution in [0.1, 0.15) is 38.5 Å². The van der Waals surface area contributed by atoms with Crippen LogP contribution in [0.25, 0.3) is 0 Å². The smallest absolute Gasteiger partial charge is 0.0646 e. The number of allylic oxidation sites excluding steroid dienone is 13. The summed E-state index contributed by atoms with van der Waals surface area (Å²) in [7, 11) is 0. The lowest BCUT2D eigenvalue weighted by molar-refractivity contribution is 0.767. The summed E-state index contributed by atoms with van der Waals surface area (Å²) in [5.74, 6) is 0.545. The first-order chi connectivity index (χ1) is 11.9. The molecular weight excluding hydrogens is 290 g/mol. The predicted octanol–water partition coefficient (Wildman–Crippen LogP) is 5.81. The van der Waals surface area contributed by atoms with Crippen molar-refractivity contribution in [3.8, 4) is 0 Å². The van der Waals surface area contributed by atoms with Crippen LogP contribution in [0.4, 0.5) is 0 Å². The number of nitrogens with zero attached hydrogens (tertiary/aromatic N) is 1. The molecular formula is C23H25N. The van der Waals surface area contributed by atoms with Gasteiger partial charge in [-0.1, -0.05) is 54.7 Å². The third-order valence-corrected chi connectivity index (χ3v) is 5.25. The Morgan fingerprint density at radius 3 is 2.67 bits per heavy atom. The summed E-state index contributed by atoms with van der Waals surface area (Å²) in [6.07, 6.45) is 30.0. The van der Waals surface area contributed by atoms with Crippen LogP contribution in [0.2, 0.25) is 0 Å². The van der Waals surface area contributed by atoms with E-state index in [1.54, 1.807) is 0 Å². The van der Waals surface area contributed by atoms with Crippen molar-refractivity contribution in [1.29, 1.82) is 0 Å². The summed E-state index contributed by atoms with van der Waals surface area (Å²) in [5, 5.41) is 0. The minimum atomic E-state index is 0.545. The summed E-state index contributed by atoms with van der Waals surface area (Å²) in [6.45, 7) is 0.921. The molecule has 3 aliphatic carbocycles. The molecule has 1 aliphatic heterocycles. The highest BCUT2D eigenvalue weighted by atomic mass is 14.7. The van der Waals surface area contributed by atoms with E-state index in [2.05, 4.69) is 60.8 Å². The predicted molar refractivity (Wildman–Crippen MR) is 103 cm³/mol. The van der Waals surface area contributed by atoms with Crippen LogP contribution in [0, 0.1) is 5.92 Å². The van der Waals surface area contributed by atoms with Crippen molar-refractivity contribution in [2.24, 2.45) is 10.9 Å². The van der Waals surface area contributed by atoms with Gasteiger partial charge >= 0.3 is 0 Å². The largest absolute Gasteiger partial charge is 0.284 e. The average Bonchev–Trinajstić information content (AvgIpc) is 2.70. The van der Waals surface area contributed by atoms with Crippen molar-refractivity contribution < 1.29 is 0 Å². The van der Waals surface area contributed by atoms with Crippen LogP contribution < -0.4 is 0 Å². The number of hydrogen-bond acceptors (Lipinski definition) is 1. The van der Waals surface area contributed by atoms with E-state index in [4.69, 9.17) is 4.99 Å². The Balaban J connectivity index is 1.48. The van der Waals surface area contributed by atoms with Gasteiger partial charge in [-0.25, -0.2) is 0 Å². The average molecular weight is 315 g/mol. The van der Waals surface area contributed by atoms with Gasteiger partial charge in [-0.15, -0.1) is 0 Å². The van der Waals surface area contributed by atoms with Crippen molar-refractivity contribution in [3.05, 3.63) is 83.1 Å². The lowest BCUT2D eigenvalue weighted by atomic mass is 9.85. The minimum absolute atomic E-state index is 0.545. The molecule has 0 fully saturated rings. The fraction of sp³-hybridized carbons (Fsp3) is 0.348. The van der Waals surface area contributed by atoms with Gasteiger partial charge in [-0.2, -0.15) is 0 Å². The van der Waals surface area contributed by atoms with Crippen LogP contribution in [0.3, 0.4) is 0 Å². The van der Waals surface area contributed by atoms with Crippen molar-refractivity contribution >= 4 is 5.71 Å².